The number of hydrogen-bond acceptors (Lipinski definition) is 6. The molecule has 0 radical (unpaired) electrons. The van der Waals surface area contributed by atoms with Crippen molar-refractivity contribution in [2.45, 2.75) is 30.5 Å². The molecular weight excluding hydrogens is 266 g/mol. The Morgan fingerprint density at radius 1 is 1.10 bits per heavy atom. The first-order valence-corrected chi connectivity index (χ1v) is 6.21. The largest absolute Gasteiger partial charge is 0.394 e. The molecule has 0 aromatic heterocycles. The lowest BCUT2D eigenvalue weighted by Crippen LogP contribution is -2.61. The molecule has 5 atom stereocenters. The Kier molecular flexibility index (Phi) is 4.69. The summed E-state index contributed by atoms with van der Waals surface area (Å²) in [5, 5.41) is 40.6. The highest BCUT2D eigenvalue weighted by molar-refractivity contribution is 5.94. The Balaban J connectivity index is 2.08. The standard InChI is InChI=1S/C13H17NO6/c15-6-8-9(16)10(17)11(18)12(20-8)13(19)14-7-4-2-1-3-5-7/h1-5,8-12,15-18H,6H2,(H,14,19)/t8-,9-,10+,11-,12+/m1/s1. The van der Waals surface area contributed by atoms with Crippen molar-refractivity contribution in [3.05, 3.63) is 30.3 Å². The highest BCUT2D eigenvalue weighted by Gasteiger charge is 2.46. The van der Waals surface area contributed by atoms with Crippen molar-refractivity contribution in [2.24, 2.45) is 0 Å². The average Bonchev–Trinajstić information content (AvgIpc) is 2.46. The van der Waals surface area contributed by atoms with Crippen LogP contribution < -0.4 is 5.32 Å². The van der Waals surface area contributed by atoms with E-state index in [0.29, 0.717) is 5.69 Å². The fourth-order valence-electron chi connectivity index (χ4n) is 2.05. The highest BCUT2D eigenvalue weighted by Crippen LogP contribution is 2.22. The second kappa shape index (κ2) is 6.29. The number of aliphatic hydroxyl groups is 4. The highest BCUT2D eigenvalue weighted by atomic mass is 16.5. The van der Waals surface area contributed by atoms with E-state index in [-0.39, 0.29) is 0 Å². The van der Waals surface area contributed by atoms with Crippen LogP contribution in [0.5, 0.6) is 0 Å². The van der Waals surface area contributed by atoms with Gasteiger partial charge < -0.3 is 30.5 Å². The molecule has 7 nitrogen and oxygen atoms in total. The maximum absolute atomic E-state index is 12.0. The summed E-state index contributed by atoms with van der Waals surface area (Å²) in [7, 11) is 0. The van der Waals surface area contributed by atoms with Gasteiger partial charge in [-0.2, -0.15) is 0 Å². The summed E-state index contributed by atoms with van der Waals surface area (Å²) in [6.07, 6.45) is -7.08. The number of anilines is 1. The maximum Gasteiger partial charge on any atom is 0.256 e. The van der Waals surface area contributed by atoms with Gasteiger partial charge in [0.05, 0.1) is 6.61 Å². The van der Waals surface area contributed by atoms with Crippen LogP contribution in [0.25, 0.3) is 0 Å². The van der Waals surface area contributed by atoms with Gasteiger partial charge in [0.15, 0.2) is 6.10 Å². The number of aliphatic hydroxyl groups excluding tert-OH is 4. The lowest BCUT2D eigenvalue weighted by Gasteiger charge is -2.39. The number of amides is 1. The van der Waals surface area contributed by atoms with E-state index in [1.54, 1.807) is 30.3 Å². The second-order valence-electron chi connectivity index (χ2n) is 4.60. The van der Waals surface area contributed by atoms with Gasteiger partial charge in [-0.25, -0.2) is 0 Å². The predicted molar refractivity (Wildman–Crippen MR) is 68.8 cm³/mol. The third-order valence-corrected chi connectivity index (χ3v) is 3.19. The molecule has 0 spiro atoms. The molecule has 1 saturated heterocycles. The van der Waals surface area contributed by atoms with E-state index >= 15 is 0 Å². The number of carbonyl (C=O) groups is 1. The molecular formula is C13H17NO6. The van der Waals surface area contributed by atoms with Crippen LogP contribution in [-0.2, 0) is 9.53 Å². The van der Waals surface area contributed by atoms with Crippen molar-refractivity contribution in [3.63, 3.8) is 0 Å². The Labute approximate surface area is 115 Å². The monoisotopic (exact) mass is 283 g/mol. The van der Waals surface area contributed by atoms with Crippen molar-refractivity contribution in [3.8, 4) is 0 Å². The Morgan fingerprint density at radius 2 is 1.75 bits per heavy atom. The van der Waals surface area contributed by atoms with Crippen LogP contribution in [0, 0.1) is 0 Å². The molecule has 1 aromatic carbocycles. The van der Waals surface area contributed by atoms with Crippen molar-refractivity contribution in [2.75, 3.05) is 11.9 Å². The van der Waals surface area contributed by atoms with Crippen molar-refractivity contribution in [1.82, 2.24) is 0 Å². The molecule has 1 aromatic rings. The van der Waals surface area contributed by atoms with Crippen molar-refractivity contribution < 1.29 is 30.0 Å². The van der Waals surface area contributed by atoms with Gasteiger partial charge in [0.2, 0.25) is 0 Å². The lowest BCUT2D eigenvalue weighted by molar-refractivity contribution is -0.224. The minimum atomic E-state index is -1.57. The normalized spacial score (nSPS) is 33.7. The number of benzene rings is 1. The molecule has 1 fully saturated rings. The number of rotatable bonds is 3. The molecule has 1 aliphatic heterocycles. The molecule has 0 unspecified atom stereocenters. The molecule has 0 bridgehead atoms. The average molecular weight is 283 g/mol. The van der Waals surface area contributed by atoms with Crippen LogP contribution >= 0.6 is 0 Å². The molecule has 1 heterocycles. The minimum Gasteiger partial charge on any atom is -0.394 e. The zero-order valence-electron chi connectivity index (χ0n) is 10.6. The summed E-state index contributed by atoms with van der Waals surface area (Å²) in [6.45, 7) is -0.569. The van der Waals surface area contributed by atoms with Gasteiger partial charge in [-0.1, -0.05) is 18.2 Å². The van der Waals surface area contributed by atoms with Crippen LogP contribution in [0.2, 0.25) is 0 Å². The van der Waals surface area contributed by atoms with E-state index in [9.17, 15) is 20.1 Å². The summed E-state index contributed by atoms with van der Waals surface area (Å²) in [5.74, 6) is -0.659. The number of carbonyl (C=O) groups excluding carboxylic acids is 1. The summed E-state index contributed by atoms with van der Waals surface area (Å²) in [6, 6.07) is 8.54. The quantitative estimate of drug-likeness (QED) is 0.459. The van der Waals surface area contributed by atoms with Crippen molar-refractivity contribution >= 4 is 11.6 Å². The van der Waals surface area contributed by atoms with E-state index in [1.165, 1.54) is 0 Å². The van der Waals surface area contributed by atoms with E-state index in [1.807, 2.05) is 0 Å². The molecule has 0 saturated carbocycles. The van der Waals surface area contributed by atoms with E-state index in [4.69, 9.17) is 9.84 Å². The first-order chi connectivity index (χ1) is 9.54. The van der Waals surface area contributed by atoms with Gasteiger partial charge in [-0.3, -0.25) is 4.79 Å². The molecule has 110 valence electrons. The van der Waals surface area contributed by atoms with Crippen LogP contribution in [0.3, 0.4) is 0 Å². The molecule has 0 aliphatic carbocycles. The van der Waals surface area contributed by atoms with Gasteiger partial charge >= 0.3 is 0 Å². The van der Waals surface area contributed by atoms with Crippen molar-refractivity contribution in [1.29, 1.82) is 0 Å². The SMILES string of the molecule is O=C(Nc1ccccc1)[C@H]1O[C@H](CO)[C@@H](O)[C@H](O)[C@H]1O. The van der Waals surface area contributed by atoms with E-state index in [0.717, 1.165) is 0 Å². The summed E-state index contributed by atoms with van der Waals surface area (Å²) < 4.78 is 5.14. The molecule has 5 N–H and O–H groups in total. The van der Waals surface area contributed by atoms with Gasteiger partial charge in [-0.05, 0) is 12.1 Å². The van der Waals surface area contributed by atoms with Crippen LogP contribution in [0.1, 0.15) is 0 Å². The van der Waals surface area contributed by atoms with Crippen LogP contribution in [0.4, 0.5) is 5.69 Å². The van der Waals surface area contributed by atoms with E-state index < -0.39 is 43.0 Å². The summed E-state index contributed by atoms with van der Waals surface area (Å²) >= 11 is 0. The molecule has 7 heteroatoms. The second-order valence-corrected chi connectivity index (χ2v) is 4.60. The topological polar surface area (TPSA) is 119 Å². The molecule has 1 aliphatic rings. The van der Waals surface area contributed by atoms with Crippen LogP contribution in [0.15, 0.2) is 30.3 Å². The van der Waals surface area contributed by atoms with Gasteiger partial charge in [-0.15, -0.1) is 0 Å². The number of para-hydroxylation sites is 1. The minimum absolute atomic E-state index is 0.509. The third kappa shape index (κ3) is 2.97. The zero-order chi connectivity index (χ0) is 14.7. The Hall–Kier alpha value is -1.51. The smallest absolute Gasteiger partial charge is 0.256 e. The first kappa shape index (κ1) is 14.9. The predicted octanol–water partition coefficient (Wildman–Crippen LogP) is -1.53. The lowest BCUT2D eigenvalue weighted by atomic mass is 9.94. The summed E-state index contributed by atoms with van der Waals surface area (Å²) in [4.78, 5) is 12.0. The number of nitrogens with one attached hydrogen (secondary N) is 1. The molecule has 1 amide bonds. The fourth-order valence-corrected chi connectivity index (χ4v) is 2.05. The molecule has 20 heavy (non-hydrogen) atoms. The third-order valence-electron chi connectivity index (χ3n) is 3.19. The fraction of sp³-hybridized carbons (Fsp3) is 0.462. The maximum atomic E-state index is 12.0. The summed E-state index contributed by atoms with van der Waals surface area (Å²) in [5.41, 5.74) is 0.509. The van der Waals surface area contributed by atoms with Crippen LogP contribution in [-0.4, -0.2) is 63.5 Å². The number of ether oxygens (including phenoxy) is 1. The molecule has 2 rings (SSSR count). The van der Waals surface area contributed by atoms with Gasteiger partial charge in [0.1, 0.15) is 24.4 Å². The van der Waals surface area contributed by atoms with E-state index in [2.05, 4.69) is 5.32 Å². The van der Waals surface area contributed by atoms with Gasteiger partial charge in [0, 0.05) is 5.69 Å². The Bertz CT molecular complexity index is 451. The van der Waals surface area contributed by atoms with Gasteiger partial charge in [0.25, 0.3) is 5.91 Å². The Morgan fingerprint density at radius 3 is 2.35 bits per heavy atom. The first-order valence-electron chi connectivity index (χ1n) is 6.21. The zero-order valence-corrected chi connectivity index (χ0v) is 10.6. The number of hydrogen-bond donors (Lipinski definition) is 5.